The van der Waals surface area contributed by atoms with E-state index in [1.54, 1.807) is 15.8 Å². The summed E-state index contributed by atoms with van der Waals surface area (Å²) in [6.07, 6.45) is 2.91. The number of sulfonamides is 1. The van der Waals surface area contributed by atoms with Crippen molar-refractivity contribution in [3.8, 4) is 0 Å². The Labute approximate surface area is 133 Å². The molecule has 2 saturated heterocycles. The van der Waals surface area contributed by atoms with Gasteiger partial charge in [0.2, 0.25) is 0 Å². The lowest BCUT2D eigenvalue weighted by Gasteiger charge is -2.29. The molecular weight excluding hydrogens is 328 g/mol. The van der Waals surface area contributed by atoms with Crippen molar-refractivity contribution in [2.75, 3.05) is 30.4 Å². The molecule has 0 amide bonds. The van der Waals surface area contributed by atoms with Crippen molar-refractivity contribution >= 4 is 38.8 Å². The lowest BCUT2D eigenvalue weighted by Crippen LogP contribution is -2.44. The van der Waals surface area contributed by atoms with Crippen LogP contribution < -0.4 is 5.73 Å². The second-order valence-corrected chi connectivity index (χ2v) is 9.60. The van der Waals surface area contributed by atoms with Gasteiger partial charge in [0.25, 0.3) is 10.0 Å². The molecule has 118 valence electrons. The smallest absolute Gasteiger partial charge is 0.252 e. The van der Waals surface area contributed by atoms with Gasteiger partial charge in [0.15, 0.2) is 0 Å². The van der Waals surface area contributed by atoms with Gasteiger partial charge >= 0.3 is 0 Å². The molecule has 2 unspecified atom stereocenters. The van der Waals surface area contributed by atoms with Gasteiger partial charge in [-0.2, -0.15) is 16.1 Å². The minimum absolute atomic E-state index is 0.0303. The number of nitrogens with two attached hydrogens (primary N) is 1. The normalized spacial score (nSPS) is 26.7. The molecule has 3 heterocycles. The highest BCUT2D eigenvalue weighted by molar-refractivity contribution is 7.99. The van der Waals surface area contributed by atoms with E-state index in [1.807, 2.05) is 11.8 Å². The lowest BCUT2D eigenvalue weighted by atomic mass is 10.2. The van der Waals surface area contributed by atoms with Crippen molar-refractivity contribution in [3.05, 3.63) is 11.4 Å². The van der Waals surface area contributed by atoms with Gasteiger partial charge in [-0.3, -0.25) is 0 Å². The summed E-state index contributed by atoms with van der Waals surface area (Å²) in [5, 5.41) is 1.68. The molecule has 0 aliphatic carbocycles. The first kappa shape index (κ1) is 15.6. The van der Waals surface area contributed by atoms with E-state index in [2.05, 4.69) is 0 Å². The van der Waals surface area contributed by atoms with E-state index >= 15 is 0 Å². The quantitative estimate of drug-likeness (QED) is 0.881. The van der Waals surface area contributed by atoms with Gasteiger partial charge in [0, 0.05) is 36.0 Å². The molecule has 21 heavy (non-hydrogen) atoms. The van der Waals surface area contributed by atoms with Crippen LogP contribution in [0.3, 0.4) is 0 Å². The van der Waals surface area contributed by atoms with Crippen LogP contribution in [0.2, 0.25) is 0 Å². The molecule has 5 nitrogen and oxygen atoms in total. The second kappa shape index (κ2) is 6.45. The van der Waals surface area contributed by atoms with Gasteiger partial charge in [0.1, 0.15) is 4.21 Å². The lowest BCUT2D eigenvalue weighted by molar-refractivity contribution is 0.0878. The molecule has 0 radical (unpaired) electrons. The maximum atomic E-state index is 12.9. The van der Waals surface area contributed by atoms with Crippen LogP contribution in [0.4, 0.5) is 5.69 Å². The zero-order valence-electron chi connectivity index (χ0n) is 11.7. The number of ether oxygens (including phenoxy) is 1. The highest BCUT2D eigenvalue weighted by Crippen LogP contribution is 2.32. The Morgan fingerprint density at radius 2 is 2.29 bits per heavy atom. The summed E-state index contributed by atoms with van der Waals surface area (Å²) in [5.74, 6) is 1.89. The summed E-state index contributed by atoms with van der Waals surface area (Å²) in [6, 6.07) is 1.64. The minimum Gasteiger partial charge on any atom is -0.398 e. The number of nitrogens with zero attached hydrogens (tertiary/aromatic N) is 1. The standard InChI is InChI=1S/C13H20N2O3S3/c14-10-6-13(20-8-10)21(16,17)15(11-3-5-19-9-11)7-12-2-1-4-18-12/h6,8,11-12H,1-5,7,9,14H2. The monoisotopic (exact) mass is 348 g/mol. The van der Waals surface area contributed by atoms with E-state index in [1.165, 1.54) is 11.3 Å². The average molecular weight is 349 g/mol. The van der Waals surface area contributed by atoms with Crippen LogP contribution in [0.25, 0.3) is 0 Å². The molecule has 2 fully saturated rings. The first-order chi connectivity index (χ1) is 10.1. The van der Waals surface area contributed by atoms with E-state index in [-0.39, 0.29) is 12.1 Å². The highest BCUT2D eigenvalue weighted by Gasteiger charge is 2.36. The van der Waals surface area contributed by atoms with Crippen LogP contribution in [0, 0.1) is 0 Å². The first-order valence-electron chi connectivity index (χ1n) is 7.12. The Hall–Kier alpha value is -0.280. The van der Waals surface area contributed by atoms with Gasteiger partial charge in [-0.15, -0.1) is 11.3 Å². The van der Waals surface area contributed by atoms with Crippen LogP contribution in [-0.2, 0) is 14.8 Å². The molecule has 1 aromatic heterocycles. The van der Waals surface area contributed by atoms with E-state index in [4.69, 9.17) is 10.5 Å². The molecule has 0 saturated carbocycles. The molecule has 0 aromatic carbocycles. The molecule has 2 aliphatic heterocycles. The summed E-state index contributed by atoms with van der Waals surface area (Å²) >= 11 is 3.02. The Morgan fingerprint density at radius 3 is 2.86 bits per heavy atom. The summed E-state index contributed by atoms with van der Waals surface area (Å²) in [7, 11) is -3.47. The Kier molecular flexibility index (Phi) is 4.80. The molecule has 0 bridgehead atoms. The zero-order chi connectivity index (χ0) is 14.9. The van der Waals surface area contributed by atoms with Crippen molar-refractivity contribution in [2.24, 2.45) is 0 Å². The van der Waals surface area contributed by atoms with E-state index in [9.17, 15) is 8.42 Å². The zero-order valence-corrected chi connectivity index (χ0v) is 14.2. The molecule has 0 spiro atoms. The molecule has 3 rings (SSSR count). The third-order valence-corrected chi connectivity index (χ3v) is 8.38. The Bertz CT molecular complexity index is 575. The summed E-state index contributed by atoms with van der Waals surface area (Å²) in [4.78, 5) is 0. The van der Waals surface area contributed by atoms with Gasteiger partial charge in [-0.25, -0.2) is 8.42 Å². The maximum absolute atomic E-state index is 12.9. The minimum atomic E-state index is -3.47. The third-order valence-electron chi connectivity index (χ3n) is 3.88. The molecule has 2 N–H and O–H groups in total. The van der Waals surface area contributed by atoms with E-state index in [0.717, 1.165) is 37.4 Å². The molecule has 8 heteroatoms. The van der Waals surface area contributed by atoms with Crippen molar-refractivity contribution in [1.82, 2.24) is 4.31 Å². The van der Waals surface area contributed by atoms with Crippen molar-refractivity contribution in [2.45, 2.75) is 35.6 Å². The molecule has 1 aromatic rings. The number of hydrogen-bond acceptors (Lipinski definition) is 6. The fraction of sp³-hybridized carbons (Fsp3) is 0.692. The number of rotatable bonds is 5. The van der Waals surface area contributed by atoms with Gasteiger partial charge in [-0.05, 0) is 31.1 Å². The van der Waals surface area contributed by atoms with Crippen molar-refractivity contribution < 1.29 is 13.2 Å². The molecular formula is C13H20N2O3S3. The molecule has 2 atom stereocenters. The van der Waals surface area contributed by atoms with Crippen LogP contribution >= 0.6 is 23.1 Å². The van der Waals surface area contributed by atoms with Gasteiger partial charge in [0.05, 0.1) is 6.10 Å². The van der Waals surface area contributed by atoms with Crippen LogP contribution in [-0.4, -0.2) is 49.5 Å². The number of hydrogen-bond donors (Lipinski definition) is 1. The maximum Gasteiger partial charge on any atom is 0.252 e. The average Bonchev–Trinajstić information content (AvgIpc) is 3.18. The fourth-order valence-corrected chi connectivity index (χ4v) is 6.97. The SMILES string of the molecule is Nc1csc(S(=O)(=O)N(CC2CCCO2)C2CCSC2)c1. The predicted molar refractivity (Wildman–Crippen MR) is 87.3 cm³/mol. The van der Waals surface area contributed by atoms with Gasteiger partial charge < -0.3 is 10.5 Å². The van der Waals surface area contributed by atoms with E-state index < -0.39 is 10.0 Å². The summed E-state index contributed by atoms with van der Waals surface area (Å²) in [6.45, 7) is 1.20. The topological polar surface area (TPSA) is 72.6 Å². The first-order valence-corrected chi connectivity index (χ1v) is 10.6. The Balaban J connectivity index is 1.85. The van der Waals surface area contributed by atoms with Crippen LogP contribution in [0.15, 0.2) is 15.7 Å². The van der Waals surface area contributed by atoms with Crippen molar-refractivity contribution in [3.63, 3.8) is 0 Å². The highest BCUT2D eigenvalue weighted by atomic mass is 32.2. The number of anilines is 1. The fourth-order valence-electron chi connectivity index (χ4n) is 2.76. The Morgan fingerprint density at radius 1 is 1.43 bits per heavy atom. The largest absolute Gasteiger partial charge is 0.398 e. The van der Waals surface area contributed by atoms with Crippen molar-refractivity contribution in [1.29, 1.82) is 0 Å². The summed E-state index contributed by atoms with van der Waals surface area (Å²) < 4.78 is 33.5. The van der Waals surface area contributed by atoms with Crippen LogP contribution in [0.5, 0.6) is 0 Å². The predicted octanol–water partition coefficient (Wildman–Crippen LogP) is 2.01. The van der Waals surface area contributed by atoms with Crippen LogP contribution in [0.1, 0.15) is 19.3 Å². The third kappa shape index (κ3) is 3.39. The summed E-state index contributed by atoms with van der Waals surface area (Å²) in [5.41, 5.74) is 6.20. The van der Waals surface area contributed by atoms with Gasteiger partial charge in [-0.1, -0.05) is 0 Å². The number of thioether (sulfide) groups is 1. The second-order valence-electron chi connectivity index (χ2n) is 5.43. The molecule has 2 aliphatic rings. The number of thiophene rings is 1. The number of nitrogen functional groups attached to an aromatic ring is 1. The van der Waals surface area contributed by atoms with E-state index in [0.29, 0.717) is 16.4 Å².